The molecule has 0 radical (unpaired) electrons. The summed E-state index contributed by atoms with van der Waals surface area (Å²) in [5.41, 5.74) is 7.28. The van der Waals surface area contributed by atoms with Gasteiger partial charge in [-0.15, -0.1) is 0 Å². The van der Waals surface area contributed by atoms with E-state index >= 15 is 0 Å². The molecule has 0 aliphatic rings. The highest BCUT2D eigenvalue weighted by atomic mass is 16.5. The molecule has 0 saturated carbocycles. The number of nitrogens with two attached hydrogens (primary N) is 1. The van der Waals surface area contributed by atoms with Crippen LogP contribution in [-0.2, 0) is 0 Å². The maximum Gasteiger partial charge on any atom is 0.161 e. The third-order valence-electron chi connectivity index (χ3n) is 3.80. The van der Waals surface area contributed by atoms with Gasteiger partial charge >= 0.3 is 0 Å². The number of ether oxygens (including phenoxy) is 3. The van der Waals surface area contributed by atoms with E-state index in [1.54, 1.807) is 19.2 Å². The second-order valence-electron chi connectivity index (χ2n) is 5.85. The summed E-state index contributed by atoms with van der Waals surface area (Å²) < 4.78 is 16.8. The van der Waals surface area contributed by atoms with Crippen molar-refractivity contribution in [3.8, 4) is 17.2 Å². The van der Waals surface area contributed by atoms with Crippen LogP contribution in [0.2, 0.25) is 0 Å². The second-order valence-corrected chi connectivity index (χ2v) is 5.85. The van der Waals surface area contributed by atoms with Gasteiger partial charge in [-0.05, 0) is 68.1 Å². The third kappa shape index (κ3) is 6.03. The lowest BCUT2D eigenvalue weighted by atomic mass is 10.2. The van der Waals surface area contributed by atoms with Gasteiger partial charge in [0, 0.05) is 5.56 Å². The van der Waals surface area contributed by atoms with E-state index in [1.165, 1.54) is 0 Å². The Bertz CT molecular complexity index is 684. The average Bonchev–Trinajstić information content (AvgIpc) is 2.61. The number of methoxy groups -OCH3 is 1. The van der Waals surface area contributed by atoms with Crippen LogP contribution in [0.5, 0.6) is 17.2 Å². The minimum Gasteiger partial charge on any atom is -0.494 e. The molecule has 0 bridgehead atoms. The summed E-state index contributed by atoms with van der Waals surface area (Å²) in [4.78, 5) is 0. The first-order valence-electron chi connectivity index (χ1n) is 8.45. The zero-order valence-electron chi connectivity index (χ0n) is 14.9. The smallest absolute Gasteiger partial charge is 0.161 e. The number of unbranched alkanes of at least 4 members (excludes halogenated alkanes) is 2. The fourth-order valence-corrected chi connectivity index (χ4v) is 2.38. The Morgan fingerprint density at radius 1 is 0.920 bits per heavy atom. The summed E-state index contributed by atoms with van der Waals surface area (Å²) in [6, 6.07) is 13.2. The maximum atomic E-state index is 7.35. The number of benzene rings is 2. The Morgan fingerprint density at radius 3 is 2.24 bits per heavy atom. The average molecular weight is 342 g/mol. The van der Waals surface area contributed by atoms with E-state index in [9.17, 15) is 0 Å². The molecule has 25 heavy (non-hydrogen) atoms. The summed E-state index contributed by atoms with van der Waals surface area (Å²) >= 11 is 0. The van der Waals surface area contributed by atoms with Crippen LogP contribution in [0.1, 0.15) is 30.4 Å². The predicted octanol–water partition coefficient (Wildman–Crippen LogP) is 3.92. The van der Waals surface area contributed by atoms with E-state index in [2.05, 4.69) is 0 Å². The van der Waals surface area contributed by atoms with Gasteiger partial charge in [-0.25, -0.2) is 0 Å². The lowest BCUT2D eigenvalue weighted by Crippen LogP contribution is -2.10. The number of nitrogen functional groups attached to an aromatic ring is 1. The van der Waals surface area contributed by atoms with Crippen molar-refractivity contribution in [2.75, 3.05) is 20.3 Å². The Kier molecular flexibility index (Phi) is 7.14. The lowest BCUT2D eigenvalue weighted by Gasteiger charge is -2.11. The first kappa shape index (κ1) is 18.6. The molecule has 0 aromatic heterocycles. The molecular formula is C20H26N2O3. The molecule has 0 saturated heterocycles. The molecule has 3 N–H and O–H groups in total. The number of nitrogens with one attached hydrogen (secondary N) is 1. The first-order chi connectivity index (χ1) is 12.1. The largest absolute Gasteiger partial charge is 0.494 e. The predicted molar refractivity (Wildman–Crippen MR) is 100 cm³/mol. The SMILES string of the molecule is COc1ccc(C)cc1OCCCCCOc1ccc(C(=N)N)cc1. The quantitative estimate of drug-likeness (QED) is 0.390. The Morgan fingerprint density at radius 2 is 1.60 bits per heavy atom. The molecule has 0 spiro atoms. The van der Waals surface area contributed by atoms with E-state index in [0.29, 0.717) is 18.8 Å². The number of hydrogen-bond donors (Lipinski definition) is 2. The minimum atomic E-state index is 0.0665. The molecule has 0 aliphatic heterocycles. The molecule has 0 heterocycles. The number of aryl methyl sites for hydroxylation is 1. The van der Waals surface area contributed by atoms with Crippen molar-refractivity contribution in [3.05, 3.63) is 53.6 Å². The number of amidine groups is 1. The topological polar surface area (TPSA) is 77.6 Å². The van der Waals surface area contributed by atoms with Crippen molar-refractivity contribution < 1.29 is 14.2 Å². The van der Waals surface area contributed by atoms with Gasteiger partial charge in [0.1, 0.15) is 11.6 Å². The highest BCUT2D eigenvalue weighted by Gasteiger charge is 2.04. The van der Waals surface area contributed by atoms with Crippen LogP contribution in [0.4, 0.5) is 0 Å². The van der Waals surface area contributed by atoms with E-state index in [1.807, 2.05) is 37.3 Å². The molecule has 5 heteroatoms. The summed E-state index contributed by atoms with van der Waals surface area (Å²) in [5.74, 6) is 2.43. The van der Waals surface area contributed by atoms with Gasteiger partial charge in [0.2, 0.25) is 0 Å². The van der Waals surface area contributed by atoms with Crippen LogP contribution < -0.4 is 19.9 Å². The van der Waals surface area contributed by atoms with Crippen molar-refractivity contribution in [1.82, 2.24) is 0 Å². The summed E-state index contributed by atoms with van der Waals surface area (Å²) in [6.07, 6.45) is 2.95. The molecule has 0 atom stereocenters. The Balaban J connectivity index is 1.62. The highest BCUT2D eigenvalue weighted by Crippen LogP contribution is 2.27. The van der Waals surface area contributed by atoms with Gasteiger partial charge in [-0.2, -0.15) is 0 Å². The van der Waals surface area contributed by atoms with Crippen molar-refractivity contribution in [2.45, 2.75) is 26.2 Å². The molecular weight excluding hydrogens is 316 g/mol. The van der Waals surface area contributed by atoms with Crippen LogP contribution in [0.3, 0.4) is 0 Å². The van der Waals surface area contributed by atoms with Crippen LogP contribution in [-0.4, -0.2) is 26.2 Å². The fourth-order valence-electron chi connectivity index (χ4n) is 2.38. The van der Waals surface area contributed by atoms with E-state index in [-0.39, 0.29) is 5.84 Å². The van der Waals surface area contributed by atoms with Gasteiger partial charge < -0.3 is 19.9 Å². The molecule has 0 amide bonds. The number of hydrogen-bond acceptors (Lipinski definition) is 4. The zero-order valence-corrected chi connectivity index (χ0v) is 14.9. The van der Waals surface area contributed by atoms with Crippen LogP contribution in [0.25, 0.3) is 0 Å². The van der Waals surface area contributed by atoms with Crippen molar-refractivity contribution >= 4 is 5.84 Å². The summed E-state index contributed by atoms with van der Waals surface area (Å²) in [7, 11) is 1.65. The van der Waals surface area contributed by atoms with E-state index in [0.717, 1.165) is 42.1 Å². The molecule has 2 aromatic rings. The molecule has 0 aliphatic carbocycles. The summed E-state index contributed by atoms with van der Waals surface area (Å²) in [5, 5.41) is 7.35. The van der Waals surface area contributed by atoms with Crippen LogP contribution in [0.15, 0.2) is 42.5 Å². The molecule has 5 nitrogen and oxygen atoms in total. The molecule has 134 valence electrons. The third-order valence-corrected chi connectivity index (χ3v) is 3.80. The minimum absolute atomic E-state index is 0.0665. The molecule has 0 unspecified atom stereocenters. The highest BCUT2D eigenvalue weighted by molar-refractivity contribution is 5.94. The standard InChI is InChI=1S/C20H26N2O3/c1-15-6-11-18(23-2)19(14-15)25-13-5-3-4-12-24-17-9-7-16(8-10-17)20(21)22/h6-11,14H,3-5,12-13H2,1-2H3,(H3,21,22). The monoisotopic (exact) mass is 342 g/mol. The molecule has 0 fully saturated rings. The van der Waals surface area contributed by atoms with Gasteiger partial charge in [0.25, 0.3) is 0 Å². The van der Waals surface area contributed by atoms with Crippen molar-refractivity contribution in [3.63, 3.8) is 0 Å². The Labute approximate surface area is 149 Å². The first-order valence-corrected chi connectivity index (χ1v) is 8.45. The van der Waals surface area contributed by atoms with Gasteiger partial charge in [-0.1, -0.05) is 6.07 Å². The van der Waals surface area contributed by atoms with Gasteiger partial charge in [-0.3, -0.25) is 5.41 Å². The van der Waals surface area contributed by atoms with E-state index < -0.39 is 0 Å². The van der Waals surface area contributed by atoms with Crippen molar-refractivity contribution in [1.29, 1.82) is 5.41 Å². The fraction of sp³-hybridized carbons (Fsp3) is 0.350. The zero-order chi connectivity index (χ0) is 18.1. The molecule has 2 rings (SSSR count). The van der Waals surface area contributed by atoms with Gasteiger partial charge in [0.15, 0.2) is 11.5 Å². The molecule has 2 aromatic carbocycles. The summed E-state index contributed by atoms with van der Waals surface area (Å²) in [6.45, 7) is 3.35. The van der Waals surface area contributed by atoms with Crippen LogP contribution in [0, 0.1) is 12.3 Å². The normalized spacial score (nSPS) is 10.3. The second kappa shape index (κ2) is 9.57. The maximum absolute atomic E-state index is 7.35. The van der Waals surface area contributed by atoms with Crippen LogP contribution >= 0.6 is 0 Å². The Hall–Kier alpha value is -2.69. The lowest BCUT2D eigenvalue weighted by molar-refractivity contribution is 0.270. The number of rotatable bonds is 10. The van der Waals surface area contributed by atoms with Gasteiger partial charge in [0.05, 0.1) is 20.3 Å². The van der Waals surface area contributed by atoms with Crippen molar-refractivity contribution in [2.24, 2.45) is 5.73 Å². The van der Waals surface area contributed by atoms with E-state index in [4.69, 9.17) is 25.4 Å².